The highest BCUT2D eigenvalue weighted by molar-refractivity contribution is 7.88. The fraction of sp³-hybridized carbons (Fsp3) is 0.462. The number of benzene rings is 1. The Balaban J connectivity index is 2.10. The van der Waals surface area contributed by atoms with Crippen LogP contribution in [0.25, 0.3) is 0 Å². The fourth-order valence-electron chi connectivity index (χ4n) is 2.33. The molecule has 116 valence electrons. The lowest BCUT2D eigenvalue weighted by Gasteiger charge is -2.31. The minimum Gasteiger partial charge on any atom is -0.348 e. The largest absolute Gasteiger partial charge is 0.348 e. The second-order valence-electron chi connectivity index (χ2n) is 5.03. The average Bonchev–Trinajstić information content (AvgIpc) is 2.37. The number of carbonyl (C=O) groups is 1. The van der Waals surface area contributed by atoms with Gasteiger partial charge in [-0.3, -0.25) is 4.79 Å². The van der Waals surface area contributed by atoms with Crippen LogP contribution in [0.1, 0.15) is 23.2 Å². The van der Waals surface area contributed by atoms with E-state index < -0.39 is 39.2 Å². The first-order valence-electron chi connectivity index (χ1n) is 6.49. The average molecular weight is 318 g/mol. The summed E-state index contributed by atoms with van der Waals surface area (Å²) in [6, 6.07) is 2.72. The quantitative estimate of drug-likeness (QED) is 0.908. The third kappa shape index (κ3) is 3.76. The minimum atomic E-state index is -3.34. The van der Waals surface area contributed by atoms with Gasteiger partial charge in [0, 0.05) is 19.1 Å². The van der Waals surface area contributed by atoms with Crippen LogP contribution in [-0.4, -0.2) is 44.0 Å². The molecule has 1 fully saturated rings. The van der Waals surface area contributed by atoms with Crippen LogP contribution in [0.5, 0.6) is 0 Å². The van der Waals surface area contributed by atoms with E-state index in [2.05, 4.69) is 5.32 Å². The summed E-state index contributed by atoms with van der Waals surface area (Å²) in [7, 11) is -3.34. The van der Waals surface area contributed by atoms with Gasteiger partial charge >= 0.3 is 0 Å². The highest BCUT2D eigenvalue weighted by Crippen LogP contribution is 2.16. The number of amides is 1. The second kappa shape index (κ2) is 6.07. The first kappa shape index (κ1) is 15.8. The zero-order valence-corrected chi connectivity index (χ0v) is 12.3. The van der Waals surface area contributed by atoms with Gasteiger partial charge in [0.25, 0.3) is 5.91 Å². The molecular weight excluding hydrogens is 302 g/mol. The van der Waals surface area contributed by atoms with Gasteiger partial charge in [-0.05, 0) is 25.0 Å². The molecule has 0 saturated carbocycles. The van der Waals surface area contributed by atoms with Gasteiger partial charge in [-0.2, -0.15) is 0 Å². The molecule has 1 atom stereocenters. The van der Waals surface area contributed by atoms with Crippen LogP contribution in [0.2, 0.25) is 0 Å². The van der Waals surface area contributed by atoms with Crippen molar-refractivity contribution in [1.82, 2.24) is 9.62 Å². The molecule has 1 saturated heterocycles. The smallest absolute Gasteiger partial charge is 0.257 e. The fourth-order valence-corrected chi connectivity index (χ4v) is 3.25. The van der Waals surface area contributed by atoms with Crippen molar-refractivity contribution in [3.05, 3.63) is 35.4 Å². The summed E-state index contributed by atoms with van der Waals surface area (Å²) in [6.45, 7) is 0.500. The van der Waals surface area contributed by atoms with Gasteiger partial charge in [0.2, 0.25) is 10.0 Å². The molecule has 1 aliphatic heterocycles. The van der Waals surface area contributed by atoms with E-state index in [9.17, 15) is 22.0 Å². The number of sulfonamides is 1. The number of hydrogen-bond donors (Lipinski definition) is 1. The number of carbonyl (C=O) groups excluding carboxylic acids is 1. The van der Waals surface area contributed by atoms with Crippen molar-refractivity contribution in [2.24, 2.45) is 0 Å². The molecular formula is C13H16F2N2O3S. The van der Waals surface area contributed by atoms with Crippen molar-refractivity contribution < 1.29 is 22.0 Å². The Morgan fingerprint density at radius 3 is 2.52 bits per heavy atom. The monoisotopic (exact) mass is 318 g/mol. The Labute approximate surface area is 122 Å². The highest BCUT2D eigenvalue weighted by Gasteiger charge is 2.28. The molecule has 0 radical (unpaired) electrons. The van der Waals surface area contributed by atoms with Gasteiger partial charge in [0.05, 0.1) is 6.26 Å². The predicted octanol–water partition coefficient (Wildman–Crippen LogP) is 1.12. The Hall–Kier alpha value is -1.54. The highest BCUT2D eigenvalue weighted by atomic mass is 32.2. The maximum absolute atomic E-state index is 13.5. The Morgan fingerprint density at radius 2 is 1.95 bits per heavy atom. The lowest BCUT2D eigenvalue weighted by Crippen LogP contribution is -2.49. The van der Waals surface area contributed by atoms with E-state index in [1.165, 1.54) is 10.4 Å². The van der Waals surface area contributed by atoms with Crippen LogP contribution in [0, 0.1) is 11.6 Å². The van der Waals surface area contributed by atoms with Gasteiger partial charge in [-0.15, -0.1) is 0 Å². The SMILES string of the molecule is CS(=O)(=O)N1CCCC(NC(=O)c2c(F)cccc2F)C1. The number of nitrogens with one attached hydrogen (secondary N) is 1. The van der Waals surface area contributed by atoms with Crippen LogP contribution in [-0.2, 0) is 10.0 Å². The summed E-state index contributed by atoms with van der Waals surface area (Å²) in [4.78, 5) is 12.0. The van der Waals surface area contributed by atoms with E-state index in [0.29, 0.717) is 19.4 Å². The van der Waals surface area contributed by atoms with Gasteiger partial charge in [0.1, 0.15) is 17.2 Å². The molecule has 0 aliphatic carbocycles. The zero-order chi connectivity index (χ0) is 15.6. The molecule has 5 nitrogen and oxygen atoms in total. The van der Waals surface area contributed by atoms with E-state index in [1.54, 1.807) is 0 Å². The van der Waals surface area contributed by atoms with E-state index in [0.717, 1.165) is 18.4 Å². The Bertz CT molecular complexity index is 629. The first-order chi connectivity index (χ1) is 9.79. The van der Waals surface area contributed by atoms with Crippen LogP contribution < -0.4 is 5.32 Å². The molecule has 1 aromatic carbocycles. The molecule has 0 bridgehead atoms. The van der Waals surface area contributed by atoms with Gasteiger partial charge in [-0.25, -0.2) is 21.5 Å². The Kier molecular flexibility index (Phi) is 4.58. The van der Waals surface area contributed by atoms with Gasteiger partial charge in [-0.1, -0.05) is 6.07 Å². The predicted molar refractivity (Wildman–Crippen MR) is 73.3 cm³/mol. The van der Waals surface area contributed by atoms with E-state index in [-0.39, 0.29) is 6.54 Å². The number of nitrogens with zero attached hydrogens (tertiary/aromatic N) is 1. The lowest BCUT2D eigenvalue weighted by atomic mass is 10.1. The van der Waals surface area contributed by atoms with Crippen LogP contribution in [0.4, 0.5) is 8.78 Å². The number of piperidine rings is 1. The zero-order valence-electron chi connectivity index (χ0n) is 11.5. The normalized spacial score (nSPS) is 20.2. The van der Waals surface area contributed by atoms with E-state index in [1.807, 2.05) is 0 Å². The molecule has 1 aliphatic rings. The molecule has 1 aromatic rings. The molecule has 0 spiro atoms. The molecule has 2 rings (SSSR count). The topological polar surface area (TPSA) is 66.5 Å². The van der Waals surface area contributed by atoms with E-state index >= 15 is 0 Å². The van der Waals surface area contributed by atoms with Crippen molar-refractivity contribution in [3.63, 3.8) is 0 Å². The standard InChI is InChI=1S/C13H16F2N2O3S/c1-21(19,20)17-7-3-4-9(8-17)16-13(18)12-10(14)5-2-6-11(12)15/h2,5-6,9H,3-4,7-8H2,1H3,(H,16,18). The molecule has 1 heterocycles. The molecule has 8 heteroatoms. The summed E-state index contributed by atoms with van der Waals surface area (Å²) in [5.41, 5.74) is -0.644. The third-order valence-corrected chi connectivity index (χ3v) is 4.65. The number of halogens is 2. The van der Waals surface area contributed by atoms with Gasteiger partial charge < -0.3 is 5.32 Å². The van der Waals surface area contributed by atoms with Crippen molar-refractivity contribution in [3.8, 4) is 0 Å². The molecule has 1 unspecified atom stereocenters. The maximum atomic E-state index is 13.5. The van der Waals surface area contributed by atoms with Crippen molar-refractivity contribution >= 4 is 15.9 Å². The molecule has 1 amide bonds. The number of hydrogen-bond acceptors (Lipinski definition) is 3. The minimum absolute atomic E-state index is 0.112. The Morgan fingerprint density at radius 1 is 1.33 bits per heavy atom. The summed E-state index contributed by atoms with van der Waals surface area (Å²) in [5.74, 6) is -2.75. The summed E-state index contributed by atoms with van der Waals surface area (Å²) >= 11 is 0. The molecule has 21 heavy (non-hydrogen) atoms. The summed E-state index contributed by atoms with van der Waals surface area (Å²) < 4.78 is 51.3. The van der Waals surface area contributed by atoms with Gasteiger partial charge in [0.15, 0.2) is 0 Å². The summed E-state index contributed by atoms with van der Waals surface area (Å²) in [5, 5.41) is 2.49. The molecule has 0 aromatic heterocycles. The molecule has 1 N–H and O–H groups in total. The second-order valence-corrected chi connectivity index (χ2v) is 7.01. The number of rotatable bonds is 3. The summed E-state index contributed by atoms with van der Waals surface area (Å²) in [6.07, 6.45) is 2.24. The van der Waals surface area contributed by atoms with Crippen molar-refractivity contribution in [2.75, 3.05) is 19.3 Å². The van der Waals surface area contributed by atoms with E-state index in [4.69, 9.17) is 0 Å². The van der Waals surface area contributed by atoms with Crippen LogP contribution >= 0.6 is 0 Å². The third-order valence-electron chi connectivity index (χ3n) is 3.38. The van der Waals surface area contributed by atoms with Crippen molar-refractivity contribution in [1.29, 1.82) is 0 Å². The first-order valence-corrected chi connectivity index (χ1v) is 8.34. The maximum Gasteiger partial charge on any atom is 0.257 e. The van der Waals surface area contributed by atoms with Crippen LogP contribution in [0.15, 0.2) is 18.2 Å². The lowest BCUT2D eigenvalue weighted by molar-refractivity contribution is 0.0913. The van der Waals surface area contributed by atoms with Crippen LogP contribution in [0.3, 0.4) is 0 Å². The van der Waals surface area contributed by atoms with Crippen molar-refractivity contribution in [2.45, 2.75) is 18.9 Å².